The lowest BCUT2D eigenvalue weighted by molar-refractivity contribution is -0.160. The summed E-state index contributed by atoms with van der Waals surface area (Å²) in [6.07, 6.45) is 0.195. The highest BCUT2D eigenvalue weighted by molar-refractivity contribution is 8.00. The number of fused-ring (bicyclic) bond motifs is 1. The Hall–Kier alpha value is -1.61. The van der Waals surface area contributed by atoms with E-state index in [2.05, 4.69) is 5.32 Å². The number of carbonyl (C=O) groups is 3. The molecular formula is C13H13FN2O4S2. The number of amides is 2. The van der Waals surface area contributed by atoms with E-state index >= 15 is 0 Å². The summed E-state index contributed by atoms with van der Waals surface area (Å²) in [7, 11) is 0. The van der Waals surface area contributed by atoms with Crippen molar-refractivity contribution in [2.24, 2.45) is 0 Å². The van der Waals surface area contributed by atoms with Crippen molar-refractivity contribution in [3.63, 3.8) is 0 Å². The predicted molar refractivity (Wildman–Crippen MR) is 79.4 cm³/mol. The molecule has 0 spiro atoms. The Kier molecular flexibility index (Phi) is 3.85. The minimum Gasteiger partial charge on any atom is -0.479 e. The molecule has 1 aromatic heterocycles. The fraction of sp³-hybridized carbons (Fsp3) is 0.462. The van der Waals surface area contributed by atoms with Crippen LogP contribution in [0.4, 0.5) is 4.39 Å². The molecule has 0 aromatic carbocycles. The summed E-state index contributed by atoms with van der Waals surface area (Å²) in [4.78, 5) is 36.9. The highest BCUT2D eigenvalue weighted by Crippen LogP contribution is 2.39. The van der Waals surface area contributed by atoms with Gasteiger partial charge in [0.1, 0.15) is 11.4 Å². The van der Waals surface area contributed by atoms with Gasteiger partial charge in [-0.15, -0.1) is 23.1 Å². The monoisotopic (exact) mass is 344 g/mol. The molecule has 2 amide bonds. The highest BCUT2D eigenvalue weighted by Gasteiger charge is 2.57. The predicted octanol–water partition coefficient (Wildman–Crippen LogP) is 0.483. The van der Waals surface area contributed by atoms with Crippen LogP contribution in [0.15, 0.2) is 17.5 Å². The van der Waals surface area contributed by atoms with Gasteiger partial charge in [-0.3, -0.25) is 9.59 Å². The number of thiophene rings is 1. The van der Waals surface area contributed by atoms with Crippen LogP contribution in [0.5, 0.6) is 0 Å². The molecule has 1 aromatic rings. The van der Waals surface area contributed by atoms with Crippen molar-refractivity contribution in [3.8, 4) is 0 Å². The van der Waals surface area contributed by atoms with Gasteiger partial charge in [0.05, 0.1) is 13.0 Å². The third-order valence-corrected chi connectivity index (χ3v) is 6.03. The van der Waals surface area contributed by atoms with Crippen LogP contribution in [-0.2, 0) is 20.8 Å². The summed E-state index contributed by atoms with van der Waals surface area (Å²) in [6.45, 7) is -0.462. The number of thioether (sulfide) groups is 1. The summed E-state index contributed by atoms with van der Waals surface area (Å²) < 4.78 is 14.1. The van der Waals surface area contributed by atoms with Crippen LogP contribution in [0.3, 0.4) is 0 Å². The zero-order valence-electron chi connectivity index (χ0n) is 11.3. The molecular weight excluding hydrogens is 331 g/mol. The first-order valence-electron chi connectivity index (χ1n) is 6.57. The number of alkyl halides is 1. The Morgan fingerprint density at radius 3 is 2.95 bits per heavy atom. The molecule has 22 heavy (non-hydrogen) atoms. The largest absolute Gasteiger partial charge is 0.479 e. The van der Waals surface area contributed by atoms with Gasteiger partial charge in [-0.05, 0) is 11.4 Å². The van der Waals surface area contributed by atoms with Crippen LogP contribution in [0.1, 0.15) is 4.88 Å². The average Bonchev–Trinajstić information content (AvgIpc) is 2.97. The van der Waals surface area contributed by atoms with Gasteiger partial charge in [0.2, 0.25) is 17.5 Å². The Labute approximate surface area is 133 Å². The quantitative estimate of drug-likeness (QED) is 0.776. The smallest absolute Gasteiger partial charge is 0.344 e. The lowest BCUT2D eigenvalue weighted by atomic mass is 10.0. The van der Waals surface area contributed by atoms with Crippen LogP contribution < -0.4 is 5.32 Å². The maximum absolute atomic E-state index is 14.1. The normalized spacial score (nSPS) is 30.4. The number of halogens is 1. The van der Waals surface area contributed by atoms with Gasteiger partial charge in [0.25, 0.3) is 0 Å². The second-order valence-electron chi connectivity index (χ2n) is 5.24. The maximum atomic E-state index is 14.1. The fourth-order valence-electron chi connectivity index (χ4n) is 2.47. The van der Waals surface area contributed by atoms with E-state index < -0.39 is 30.1 Å². The van der Waals surface area contributed by atoms with Crippen molar-refractivity contribution < 1.29 is 23.9 Å². The number of carboxylic acids is 1. The van der Waals surface area contributed by atoms with Crippen LogP contribution in [-0.4, -0.2) is 57.2 Å². The molecule has 2 saturated heterocycles. The molecule has 0 aliphatic carbocycles. The van der Waals surface area contributed by atoms with E-state index in [0.29, 0.717) is 0 Å². The molecule has 2 unspecified atom stereocenters. The SMILES string of the molecule is O=C(Cc1cccs1)NC1C(=O)N2CC(F)(C(=O)O)CS[C@H]12. The number of nitrogens with zero attached hydrogens (tertiary/aromatic N) is 1. The van der Waals surface area contributed by atoms with E-state index in [1.54, 1.807) is 0 Å². The Balaban J connectivity index is 1.59. The molecule has 3 atom stereocenters. The lowest BCUT2D eigenvalue weighted by Crippen LogP contribution is -2.74. The molecule has 118 valence electrons. The summed E-state index contributed by atoms with van der Waals surface area (Å²) in [5.41, 5.74) is -2.41. The van der Waals surface area contributed by atoms with Gasteiger partial charge < -0.3 is 15.3 Å². The molecule has 0 bridgehead atoms. The Morgan fingerprint density at radius 1 is 1.55 bits per heavy atom. The number of rotatable bonds is 4. The molecule has 0 radical (unpaired) electrons. The van der Waals surface area contributed by atoms with Gasteiger partial charge in [-0.1, -0.05) is 6.07 Å². The number of carbonyl (C=O) groups excluding carboxylic acids is 2. The molecule has 3 heterocycles. The van der Waals surface area contributed by atoms with Gasteiger partial charge in [0.15, 0.2) is 0 Å². The molecule has 0 saturated carbocycles. The molecule has 2 aliphatic rings. The molecule has 2 aliphatic heterocycles. The zero-order valence-corrected chi connectivity index (χ0v) is 13.0. The third-order valence-electron chi connectivity index (χ3n) is 3.66. The van der Waals surface area contributed by atoms with Gasteiger partial charge in [0, 0.05) is 10.6 Å². The van der Waals surface area contributed by atoms with E-state index in [4.69, 9.17) is 5.11 Å². The first kappa shape index (κ1) is 15.3. The Morgan fingerprint density at radius 2 is 2.32 bits per heavy atom. The van der Waals surface area contributed by atoms with Crippen molar-refractivity contribution >= 4 is 40.9 Å². The standard InChI is InChI=1S/C13H13FN2O4S2/c14-13(12(19)20)5-16-10(18)9(11(16)22-6-13)15-8(17)4-7-2-1-3-21-7/h1-3,9,11H,4-6H2,(H,15,17)(H,19,20)/t9?,11-,13?/m1/s1. The topological polar surface area (TPSA) is 86.7 Å². The molecule has 9 heteroatoms. The van der Waals surface area contributed by atoms with Crippen LogP contribution >= 0.6 is 23.1 Å². The van der Waals surface area contributed by atoms with Crippen molar-refractivity contribution in [3.05, 3.63) is 22.4 Å². The molecule has 6 nitrogen and oxygen atoms in total. The second-order valence-corrected chi connectivity index (χ2v) is 7.38. The van der Waals surface area contributed by atoms with E-state index in [9.17, 15) is 18.8 Å². The van der Waals surface area contributed by atoms with Gasteiger partial charge in [-0.2, -0.15) is 0 Å². The minimum atomic E-state index is -2.41. The fourth-order valence-corrected chi connectivity index (χ4v) is 4.56. The first-order chi connectivity index (χ1) is 10.4. The summed E-state index contributed by atoms with van der Waals surface area (Å²) in [6, 6.07) is 2.97. The van der Waals surface area contributed by atoms with E-state index in [1.807, 2.05) is 17.5 Å². The van der Waals surface area contributed by atoms with Crippen LogP contribution in [0, 0.1) is 0 Å². The van der Waals surface area contributed by atoms with E-state index in [0.717, 1.165) is 16.6 Å². The number of β-lactam (4-membered cyclic amide) rings is 1. The average molecular weight is 344 g/mol. The lowest BCUT2D eigenvalue weighted by Gasteiger charge is -2.51. The summed E-state index contributed by atoms with van der Waals surface area (Å²) >= 11 is 2.50. The van der Waals surface area contributed by atoms with E-state index in [1.165, 1.54) is 16.2 Å². The number of nitrogens with one attached hydrogen (secondary N) is 1. The Bertz CT molecular complexity index is 624. The second kappa shape index (κ2) is 5.54. The van der Waals surface area contributed by atoms with Crippen molar-refractivity contribution in [2.75, 3.05) is 12.3 Å². The van der Waals surface area contributed by atoms with Crippen LogP contribution in [0.2, 0.25) is 0 Å². The third kappa shape index (κ3) is 2.58. The van der Waals surface area contributed by atoms with Gasteiger partial charge >= 0.3 is 5.97 Å². The number of aliphatic carboxylic acids is 1. The van der Waals surface area contributed by atoms with E-state index in [-0.39, 0.29) is 23.5 Å². The zero-order chi connectivity index (χ0) is 15.9. The molecule has 2 N–H and O–H groups in total. The van der Waals surface area contributed by atoms with Crippen molar-refractivity contribution in [1.82, 2.24) is 10.2 Å². The first-order valence-corrected chi connectivity index (χ1v) is 8.50. The number of hydrogen-bond acceptors (Lipinski definition) is 5. The molecule has 2 fully saturated rings. The minimum absolute atomic E-state index is 0.195. The van der Waals surface area contributed by atoms with Crippen molar-refractivity contribution in [2.45, 2.75) is 23.5 Å². The summed E-state index contributed by atoms with van der Waals surface area (Å²) in [5, 5.41) is 13.0. The summed E-state index contributed by atoms with van der Waals surface area (Å²) in [5.74, 6) is -2.48. The maximum Gasteiger partial charge on any atom is 0.344 e. The number of carboxylic acid groups (broad SMARTS) is 1. The van der Waals surface area contributed by atoms with Gasteiger partial charge in [-0.25, -0.2) is 9.18 Å². The van der Waals surface area contributed by atoms with Crippen LogP contribution in [0.25, 0.3) is 0 Å². The highest BCUT2D eigenvalue weighted by atomic mass is 32.2. The van der Waals surface area contributed by atoms with Crippen molar-refractivity contribution in [1.29, 1.82) is 0 Å². The number of hydrogen-bond donors (Lipinski definition) is 2. The molecule has 3 rings (SSSR count).